The summed E-state index contributed by atoms with van der Waals surface area (Å²) in [7, 11) is 0. The number of carboxylic acids is 1. The van der Waals surface area contributed by atoms with Crippen LogP contribution < -0.4 is 15.1 Å². The van der Waals surface area contributed by atoms with E-state index in [1.165, 1.54) is 24.3 Å². The summed E-state index contributed by atoms with van der Waals surface area (Å²) in [6, 6.07) is 16.4. The smallest absolute Gasteiger partial charge is 0.335 e. The van der Waals surface area contributed by atoms with E-state index in [2.05, 4.69) is 10.2 Å². The first-order valence-electron chi connectivity index (χ1n) is 11.9. The van der Waals surface area contributed by atoms with E-state index in [-0.39, 0.29) is 28.3 Å². The number of anilines is 3. The lowest BCUT2D eigenvalue weighted by Gasteiger charge is -2.30. The molecule has 0 atom stereocenters. The number of carboxylic acid groups (broad SMARTS) is 1. The van der Waals surface area contributed by atoms with Gasteiger partial charge in [-0.05, 0) is 74.7 Å². The van der Waals surface area contributed by atoms with E-state index >= 15 is 0 Å². The number of carbonyl (C=O) groups excluding carboxylic acids is 3. The minimum Gasteiger partial charge on any atom is -0.478 e. The molecule has 3 amide bonds. The molecule has 0 unspecified atom stereocenters. The van der Waals surface area contributed by atoms with Crippen LogP contribution in [0, 0.1) is 6.92 Å². The van der Waals surface area contributed by atoms with Crippen molar-refractivity contribution in [2.75, 3.05) is 28.2 Å². The van der Waals surface area contributed by atoms with E-state index in [9.17, 15) is 24.3 Å². The van der Waals surface area contributed by atoms with Crippen LogP contribution in [0.5, 0.6) is 0 Å². The van der Waals surface area contributed by atoms with Gasteiger partial charge in [0.25, 0.3) is 17.7 Å². The maximum Gasteiger partial charge on any atom is 0.335 e. The lowest BCUT2D eigenvalue weighted by Crippen LogP contribution is -2.32. The summed E-state index contributed by atoms with van der Waals surface area (Å²) in [5.41, 5.74) is 3.15. The second kappa shape index (κ2) is 9.30. The number of imide groups is 1. The largest absolute Gasteiger partial charge is 0.478 e. The Balaban J connectivity index is 1.54. The molecule has 0 aliphatic carbocycles. The van der Waals surface area contributed by atoms with Crippen LogP contribution in [0.4, 0.5) is 17.1 Å². The second-order valence-electron chi connectivity index (χ2n) is 9.12. The van der Waals surface area contributed by atoms with Crippen molar-refractivity contribution in [2.45, 2.75) is 26.2 Å². The van der Waals surface area contributed by atoms with Gasteiger partial charge in [-0.3, -0.25) is 14.4 Å². The molecular formula is C28H25N3O5. The number of carbonyl (C=O) groups is 4. The summed E-state index contributed by atoms with van der Waals surface area (Å²) >= 11 is 0. The third-order valence-corrected chi connectivity index (χ3v) is 6.59. The van der Waals surface area contributed by atoms with Crippen LogP contribution in [0.15, 0.2) is 60.7 Å². The normalized spacial score (nSPS) is 15.1. The number of fused-ring (bicyclic) bond motifs is 1. The molecule has 3 aromatic rings. The number of benzene rings is 3. The summed E-state index contributed by atoms with van der Waals surface area (Å²) in [6.07, 6.45) is 3.15. The van der Waals surface area contributed by atoms with Gasteiger partial charge in [-0.15, -0.1) is 0 Å². The predicted octanol–water partition coefficient (Wildman–Crippen LogP) is 4.74. The van der Waals surface area contributed by atoms with Crippen LogP contribution in [0.2, 0.25) is 0 Å². The van der Waals surface area contributed by atoms with Gasteiger partial charge >= 0.3 is 5.97 Å². The van der Waals surface area contributed by atoms with E-state index in [1.54, 1.807) is 12.1 Å². The maximum atomic E-state index is 13.3. The Morgan fingerprint density at radius 2 is 1.44 bits per heavy atom. The molecule has 2 N–H and O–H groups in total. The minimum atomic E-state index is -1.18. The van der Waals surface area contributed by atoms with Crippen molar-refractivity contribution in [3.05, 3.63) is 88.5 Å². The zero-order valence-corrected chi connectivity index (χ0v) is 19.8. The first kappa shape index (κ1) is 23.3. The molecule has 3 aromatic carbocycles. The molecule has 0 radical (unpaired) electrons. The van der Waals surface area contributed by atoms with Gasteiger partial charge in [0.05, 0.1) is 22.4 Å². The molecule has 2 aliphatic rings. The van der Waals surface area contributed by atoms with Crippen LogP contribution in [-0.2, 0) is 0 Å². The average molecular weight is 484 g/mol. The van der Waals surface area contributed by atoms with Gasteiger partial charge in [-0.1, -0.05) is 17.7 Å². The Labute approximate surface area is 208 Å². The molecule has 8 heteroatoms. The Hall–Kier alpha value is -4.46. The molecule has 5 rings (SSSR count). The van der Waals surface area contributed by atoms with Gasteiger partial charge in [0.15, 0.2) is 0 Å². The van der Waals surface area contributed by atoms with E-state index in [0.717, 1.165) is 48.5 Å². The highest BCUT2D eigenvalue weighted by molar-refractivity contribution is 6.35. The van der Waals surface area contributed by atoms with Gasteiger partial charge in [0.2, 0.25) is 0 Å². The number of hydrogen-bond acceptors (Lipinski definition) is 5. The number of piperidine rings is 1. The molecule has 182 valence electrons. The number of nitrogens with zero attached hydrogens (tertiary/aromatic N) is 2. The number of aryl methyl sites for hydroxylation is 1. The van der Waals surface area contributed by atoms with Crippen LogP contribution >= 0.6 is 0 Å². The zero-order chi connectivity index (χ0) is 25.4. The van der Waals surface area contributed by atoms with Gasteiger partial charge in [0, 0.05) is 30.0 Å². The van der Waals surface area contributed by atoms with E-state index in [0.29, 0.717) is 11.3 Å². The summed E-state index contributed by atoms with van der Waals surface area (Å²) in [5.74, 6) is -2.70. The summed E-state index contributed by atoms with van der Waals surface area (Å²) < 4.78 is 0. The number of rotatable bonds is 5. The molecular weight excluding hydrogens is 458 g/mol. The molecule has 1 fully saturated rings. The van der Waals surface area contributed by atoms with E-state index in [4.69, 9.17) is 0 Å². The quantitative estimate of drug-likeness (QED) is 0.508. The molecule has 2 aliphatic heterocycles. The van der Waals surface area contributed by atoms with Crippen molar-refractivity contribution in [1.82, 2.24) is 0 Å². The molecule has 0 saturated carbocycles. The lowest BCUT2D eigenvalue weighted by atomic mass is 10.1. The van der Waals surface area contributed by atoms with Crippen LogP contribution in [0.1, 0.15) is 66.3 Å². The minimum absolute atomic E-state index is 0.0360. The number of hydrogen-bond donors (Lipinski definition) is 2. The third-order valence-electron chi connectivity index (χ3n) is 6.59. The van der Waals surface area contributed by atoms with Gasteiger partial charge in [0.1, 0.15) is 0 Å². The maximum absolute atomic E-state index is 13.3. The standard InChI is InChI=1S/C28H25N3O5/c1-17-5-8-20(9-6-17)29-25(32)19-13-21(30-11-3-2-4-12-30)16-22(14-19)31-26(33)23-10-7-18(28(35)36)15-24(23)27(31)34/h5-10,13-16H,2-4,11-12H2,1H3,(H,29,32)(H,35,36). The highest BCUT2D eigenvalue weighted by Gasteiger charge is 2.38. The highest BCUT2D eigenvalue weighted by Crippen LogP contribution is 2.33. The summed E-state index contributed by atoms with van der Waals surface area (Å²) in [6.45, 7) is 3.58. The van der Waals surface area contributed by atoms with Gasteiger partial charge in [-0.2, -0.15) is 0 Å². The molecule has 1 saturated heterocycles. The number of nitrogens with one attached hydrogen (secondary N) is 1. The van der Waals surface area contributed by atoms with Crippen molar-refractivity contribution in [1.29, 1.82) is 0 Å². The Bertz CT molecular complexity index is 1390. The highest BCUT2D eigenvalue weighted by atomic mass is 16.4. The van der Waals surface area contributed by atoms with Crippen LogP contribution in [0.25, 0.3) is 0 Å². The topological polar surface area (TPSA) is 107 Å². The zero-order valence-electron chi connectivity index (χ0n) is 19.8. The molecule has 0 spiro atoms. The molecule has 2 heterocycles. The molecule has 8 nitrogen and oxygen atoms in total. The lowest BCUT2D eigenvalue weighted by molar-refractivity contribution is 0.0696. The van der Waals surface area contributed by atoms with Crippen LogP contribution in [0.3, 0.4) is 0 Å². The first-order valence-corrected chi connectivity index (χ1v) is 11.9. The fourth-order valence-corrected chi connectivity index (χ4v) is 4.64. The number of aromatic carboxylic acids is 1. The average Bonchev–Trinajstić information content (AvgIpc) is 3.14. The van der Waals surface area contributed by atoms with Crippen molar-refractivity contribution < 1.29 is 24.3 Å². The van der Waals surface area contributed by atoms with Crippen molar-refractivity contribution in [3.63, 3.8) is 0 Å². The molecule has 0 bridgehead atoms. The van der Waals surface area contributed by atoms with Crippen molar-refractivity contribution >= 4 is 40.8 Å². The fraction of sp³-hybridized carbons (Fsp3) is 0.214. The monoisotopic (exact) mass is 483 g/mol. The van der Waals surface area contributed by atoms with E-state index < -0.39 is 17.8 Å². The second-order valence-corrected chi connectivity index (χ2v) is 9.12. The van der Waals surface area contributed by atoms with Crippen molar-refractivity contribution in [3.8, 4) is 0 Å². The molecule has 0 aromatic heterocycles. The fourth-order valence-electron chi connectivity index (χ4n) is 4.64. The van der Waals surface area contributed by atoms with Crippen molar-refractivity contribution in [2.24, 2.45) is 0 Å². The Morgan fingerprint density at radius 1 is 0.778 bits per heavy atom. The summed E-state index contributed by atoms with van der Waals surface area (Å²) in [5, 5.41) is 12.2. The van der Waals surface area contributed by atoms with E-state index in [1.807, 2.05) is 31.2 Å². The van der Waals surface area contributed by atoms with Gasteiger partial charge < -0.3 is 15.3 Å². The predicted molar refractivity (Wildman–Crippen MR) is 136 cm³/mol. The number of amides is 3. The van der Waals surface area contributed by atoms with Crippen LogP contribution in [-0.4, -0.2) is 41.9 Å². The third kappa shape index (κ3) is 4.33. The SMILES string of the molecule is Cc1ccc(NC(=O)c2cc(N3CCCCC3)cc(N3C(=O)c4ccc(C(=O)O)cc4C3=O)c2)cc1. The first-order chi connectivity index (χ1) is 17.3. The van der Waals surface area contributed by atoms with Gasteiger partial charge in [-0.25, -0.2) is 9.69 Å². The Morgan fingerprint density at radius 3 is 2.14 bits per heavy atom. The Kier molecular flexibility index (Phi) is 6.01. The molecule has 36 heavy (non-hydrogen) atoms. The summed E-state index contributed by atoms with van der Waals surface area (Å²) in [4.78, 5) is 54.3.